The average molecular weight is 437 g/mol. The smallest absolute Gasteiger partial charge is 0.0602 e. The monoisotopic (exact) mass is 436 g/mol. The maximum atomic E-state index is 2.57. The van der Waals surface area contributed by atoms with Crippen LogP contribution >= 0.6 is 0 Å². The Morgan fingerprint density at radius 2 is 1.06 bits per heavy atom. The first-order valence-corrected chi connectivity index (χ1v) is 11.8. The van der Waals surface area contributed by atoms with Crippen LogP contribution in [0.5, 0.6) is 0 Å². The maximum absolute atomic E-state index is 2.57. The van der Waals surface area contributed by atoms with Gasteiger partial charge < -0.3 is 0 Å². The summed E-state index contributed by atoms with van der Waals surface area (Å²) in [6.07, 6.45) is 0.279. The van der Waals surface area contributed by atoms with Crippen molar-refractivity contribution in [1.29, 1.82) is 0 Å². The second kappa shape index (κ2) is 8.29. The van der Waals surface area contributed by atoms with Gasteiger partial charge in [-0.3, -0.25) is 9.80 Å². The van der Waals surface area contributed by atoms with E-state index in [-0.39, 0.29) is 24.7 Å². The van der Waals surface area contributed by atoms with Crippen LogP contribution in [0, 0.1) is 48.5 Å². The first-order chi connectivity index (χ1) is 14.1. The van der Waals surface area contributed by atoms with Crippen LogP contribution in [-0.2, 0) is 11.1 Å². The zero-order chi connectivity index (χ0) is 23.8. The summed E-state index contributed by atoms with van der Waals surface area (Å²) in [4.78, 5) is 5.11. The van der Waals surface area contributed by atoms with Crippen molar-refractivity contribution in [1.82, 2.24) is 9.80 Å². The molecule has 1 aliphatic rings. The molecule has 2 aromatic carbocycles. The first-order valence-electron chi connectivity index (χ1n) is 11.8. The fraction of sp³-hybridized carbons (Fsp3) is 0.600. The normalized spacial score (nSPS) is 20.5. The number of hydrogen-bond donors (Lipinski definition) is 0. The highest BCUT2D eigenvalue weighted by atomic mass is 15.4. The van der Waals surface area contributed by atoms with Gasteiger partial charge in [-0.05, 0) is 164 Å². The molecule has 0 saturated heterocycles. The molecule has 2 bridgehead atoms. The number of rotatable bonds is 0. The summed E-state index contributed by atoms with van der Waals surface area (Å²) < 4.78 is 0. The van der Waals surface area contributed by atoms with E-state index < -0.39 is 0 Å². The van der Waals surface area contributed by atoms with Gasteiger partial charge in [-0.2, -0.15) is 0 Å². The van der Waals surface area contributed by atoms with Gasteiger partial charge in [-0.1, -0.05) is 7.43 Å². The Bertz CT molecular complexity index is 1060. The largest absolute Gasteiger partial charge is 0.282 e. The van der Waals surface area contributed by atoms with Crippen molar-refractivity contribution in [2.75, 3.05) is 14.1 Å². The van der Waals surface area contributed by atoms with Crippen LogP contribution < -0.4 is 0 Å². The van der Waals surface area contributed by atoms with E-state index in [4.69, 9.17) is 0 Å². The lowest BCUT2D eigenvalue weighted by Gasteiger charge is -2.51. The molecule has 32 heavy (non-hydrogen) atoms. The molecule has 0 amide bonds. The minimum Gasteiger partial charge on any atom is -0.282 e. The number of hydrogen-bond acceptors (Lipinski definition) is 2. The lowest BCUT2D eigenvalue weighted by molar-refractivity contribution is -0.0310. The highest BCUT2D eigenvalue weighted by molar-refractivity contribution is 5.80. The van der Waals surface area contributed by atoms with Crippen LogP contribution in [0.4, 0.5) is 0 Å². The van der Waals surface area contributed by atoms with Gasteiger partial charge in [0.1, 0.15) is 0 Å². The Labute approximate surface area is 199 Å². The molecular formula is C30H48N2. The van der Waals surface area contributed by atoms with E-state index in [9.17, 15) is 0 Å². The maximum Gasteiger partial charge on any atom is 0.0602 e. The van der Waals surface area contributed by atoms with Crippen molar-refractivity contribution in [3.63, 3.8) is 0 Å². The molecule has 0 fully saturated rings. The van der Waals surface area contributed by atoms with Gasteiger partial charge in [0.25, 0.3) is 0 Å². The summed E-state index contributed by atoms with van der Waals surface area (Å²) in [6, 6.07) is 2.52. The van der Waals surface area contributed by atoms with Gasteiger partial charge >= 0.3 is 0 Å². The molecule has 1 heterocycles. The molecule has 1 atom stereocenters. The Morgan fingerprint density at radius 1 is 0.625 bits per heavy atom. The minimum atomic E-state index is -0.116. The summed E-state index contributed by atoms with van der Waals surface area (Å²) in [5.41, 5.74) is 15.6. The van der Waals surface area contributed by atoms with Crippen LogP contribution in [0.3, 0.4) is 0 Å². The van der Waals surface area contributed by atoms with Crippen molar-refractivity contribution in [3.05, 3.63) is 56.1 Å². The molecule has 3 rings (SSSR count). The number of benzene rings is 2. The summed E-state index contributed by atoms with van der Waals surface area (Å²) >= 11 is 0. The van der Waals surface area contributed by atoms with E-state index in [0.29, 0.717) is 0 Å². The second-order valence-electron chi connectivity index (χ2n) is 11.1. The molecule has 0 aliphatic carbocycles. The van der Waals surface area contributed by atoms with Crippen molar-refractivity contribution in [3.8, 4) is 11.1 Å². The lowest BCUT2D eigenvalue weighted by Crippen LogP contribution is -2.56. The van der Waals surface area contributed by atoms with E-state index in [1.807, 2.05) is 0 Å². The van der Waals surface area contributed by atoms with E-state index >= 15 is 0 Å². The summed E-state index contributed by atoms with van der Waals surface area (Å²) in [6.45, 7) is 28.1. The fourth-order valence-corrected chi connectivity index (χ4v) is 5.92. The van der Waals surface area contributed by atoms with E-state index in [0.717, 1.165) is 0 Å². The van der Waals surface area contributed by atoms with Gasteiger partial charge in [0.15, 0.2) is 0 Å². The predicted molar refractivity (Wildman–Crippen MR) is 143 cm³/mol. The molecule has 2 aromatic rings. The Morgan fingerprint density at radius 3 is 1.59 bits per heavy atom. The molecule has 2 nitrogen and oxygen atoms in total. The third-order valence-corrected chi connectivity index (χ3v) is 9.33. The Hall–Kier alpha value is -1.64. The van der Waals surface area contributed by atoms with Gasteiger partial charge in [-0.25, -0.2) is 0 Å². The third kappa shape index (κ3) is 3.46. The van der Waals surface area contributed by atoms with Crippen molar-refractivity contribution < 1.29 is 0 Å². The molecule has 178 valence electrons. The van der Waals surface area contributed by atoms with Gasteiger partial charge in [0.2, 0.25) is 0 Å². The quantitative estimate of drug-likeness (QED) is 0.415. The molecule has 0 saturated carbocycles. The van der Waals surface area contributed by atoms with E-state index in [1.165, 1.54) is 61.2 Å². The van der Waals surface area contributed by atoms with Crippen LogP contribution in [0.15, 0.2) is 6.07 Å². The fourth-order valence-electron chi connectivity index (χ4n) is 5.92. The predicted octanol–water partition coefficient (Wildman–Crippen LogP) is 7.84. The van der Waals surface area contributed by atoms with Crippen LogP contribution in [0.25, 0.3) is 11.1 Å². The number of fused-ring (bicyclic) bond motifs is 4. The zero-order valence-corrected chi connectivity index (χ0v) is 22.5. The SMILES string of the molecule is C.Cc1c2cc(c(C)c1C)C(C)(C)N(C)C(C)N(C)C(C)(C)c1c(C)c(C)c(C)c(C)c1-2. The average Bonchev–Trinajstić information content (AvgIpc) is 2.70. The van der Waals surface area contributed by atoms with E-state index in [2.05, 4.69) is 113 Å². The Balaban J connectivity index is 0.00000363. The molecular weight excluding hydrogens is 388 g/mol. The first kappa shape index (κ1) is 26.6. The van der Waals surface area contributed by atoms with Crippen LogP contribution in [0.1, 0.15) is 92.1 Å². The topological polar surface area (TPSA) is 6.48 Å². The second-order valence-corrected chi connectivity index (χ2v) is 11.1. The Kier molecular flexibility index (Phi) is 6.90. The standard InChI is InChI=1S/C29H44N2.CH4/c1-16-17(2)22(7)27-26(21(16)6)24-15-25(20(5)18(3)19(24)4)28(9,10)30(13)23(8)31(14)29(27,11)12;/h15,23H,1-14H3;1H4. The van der Waals surface area contributed by atoms with Gasteiger partial charge in [0, 0.05) is 11.1 Å². The molecule has 0 radical (unpaired) electrons. The number of nitrogens with zero attached hydrogens (tertiary/aromatic N) is 2. The van der Waals surface area contributed by atoms with Crippen LogP contribution in [-0.4, -0.2) is 30.1 Å². The summed E-state index contributed by atoms with van der Waals surface area (Å²) in [7, 11) is 4.58. The van der Waals surface area contributed by atoms with Crippen molar-refractivity contribution >= 4 is 0 Å². The van der Waals surface area contributed by atoms with Gasteiger partial charge in [-0.15, -0.1) is 0 Å². The summed E-state index contributed by atoms with van der Waals surface area (Å²) in [5, 5.41) is 0. The zero-order valence-electron chi connectivity index (χ0n) is 22.5. The van der Waals surface area contributed by atoms with Crippen molar-refractivity contribution in [2.45, 2.75) is 108 Å². The molecule has 2 heteroatoms. The molecule has 0 N–H and O–H groups in total. The van der Waals surface area contributed by atoms with Crippen LogP contribution in [0.2, 0.25) is 0 Å². The minimum absolute atomic E-state index is 0. The molecule has 1 unspecified atom stereocenters. The third-order valence-electron chi connectivity index (χ3n) is 9.33. The molecule has 1 aliphatic heterocycles. The molecule has 0 aromatic heterocycles. The lowest BCUT2D eigenvalue weighted by atomic mass is 9.73. The highest BCUT2D eigenvalue weighted by Crippen LogP contribution is 2.47. The van der Waals surface area contributed by atoms with Gasteiger partial charge in [0.05, 0.1) is 6.17 Å². The van der Waals surface area contributed by atoms with Crippen molar-refractivity contribution in [2.24, 2.45) is 0 Å². The highest BCUT2D eigenvalue weighted by Gasteiger charge is 2.41. The molecule has 0 spiro atoms. The van der Waals surface area contributed by atoms with E-state index in [1.54, 1.807) is 0 Å². The summed E-state index contributed by atoms with van der Waals surface area (Å²) in [5.74, 6) is 0.